The summed E-state index contributed by atoms with van der Waals surface area (Å²) < 4.78 is 10.5. The quantitative estimate of drug-likeness (QED) is 0.148. The molecule has 15 aromatic rings. The Kier molecular flexibility index (Phi) is 4.43. The van der Waals surface area contributed by atoms with Gasteiger partial charge in [0.1, 0.15) is 0 Å². The van der Waals surface area contributed by atoms with Crippen molar-refractivity contribution < 1.29 is 0 Å². The molecular formula is C54H32N4. The summed E-state index contributed by atoms with van der Waals surface area (Å²) in [5.41, 5.74) is 16.3. The molecule has 1 fully saturated rings. The Morgan fingerprint density at radius 2 is 0.776 bits per heavy atom. The molecule has 2 unspecified atom stereocenters. The van der Waals surface area contributed by atoms with Crippen LogP contribution in [0.2, 0.25) is 0 Å². The Bertz CT molecular complexity index is 4390. The third kappa shape index (κ3) is 2.79. The van der Waals surface area contributed by atoms with Crippen molar-refractivity contribution >= 4 is 136 Å². The average Bonchev–Trinajstić information content (AvgIpc) is 4.15. The molecular weight excluding hydrogens is 705 g/mol. The van der Waals surface area contributed by atoms with Crippen LogP contribution in [0.25, 0.3) is 136 Å². The predicted octanol–water partition coefficient (Wildman–Crippen LogP) is 14.5. The molecule has 0 spiro atoms. The van der Waals surface area contributed by atoms with E-state index in [0.717, 1.165) is 0 Å². The maximum absolute atomic E-state index is 2.76. The van der Waals surface area contributed by atoms with Gasteiger partial charge in [0.15, 0.2) is 0 Å². The molecule has 8 aromatic carbocycles. The van der Waals surface area contributed by atoms with Crippen LogP contribution in [0.3, 0.4) is 0 Å². The lowest BCUT2D eigenvalue weighted by Gasteiger charge is -2.28. The van der Waals surface area contributed by atoms with E-state index in [0.29, 0.717) is 12.0 Å². The summed E-state index contributed by atoms with van der Waals surface area (Å²) >= 11 is 0. The Hall–Kier alpha value is -7.04. The molecule has 17 rings (SSSR count). The number of fused-ring (bicyclic) bond motifs is 26. The third-order valence-corrected chi connectivity index (χ3v) is 15.5. The van der Waals surface area contributed by atoms with Gasteiger partial charge in [-0.25, -0.2) is 0 Å². The summed E-state index contributed by atoms with van der Waals surface area (Å²) in [5.74, 6) is 0.665. The van der Waals surface area contributed by atoms with Crippen LogP contribution in [0.15, 0.2) is 133 Å². The van der Waals surface area contributed by atoms with Crippen LogP contribution < -0.4 is 0 Å². The maximum Gasteiger partial charge on any atom is 0.0620 e. The fourth-order valence-corrected chi connectivity index (χ4v) is 13.6. The number of rotatable bonds is 0. The lowest BCUT2D eigenvalue weighted by Crippen LogP contribution is -2.15. The number of hydrogen-bond donors (Lipinski definition) is 0. The highest BCUT2D eigenvalue weighted by Crippen LogP contribution is 2.55. The second-order valence-electron chi connectivity index (χ2n) is 17.8. The van der Waals surface area contributed by atoms with Crippen molar-refractivity contribution in [1.82, 2.24) is 17.8 Å². The molecule has 8 heterocycles. The first kappa shape index (κ1) is 28.4. The van der Waals surface area contributed by atoms with Gasteiger partial charge in [0.05, 0.1) is 60.7 Å². The van der Waals surface area contributed by atoms with Crippen molar-refractivity contribution in [2.45, 2.75) is 37.6 Å². The third-order valence-electron chi connectivity index (χ3n) is 15.5. The van der Waals surface area contributed by atoms with E-state index in [-0.39, 0.29) is 0 Å². The zero-order valence-corrected chi connectivity index (χ0v) is 31.5. The largest absolute Gasteiger partial charge is 0.336 e. The van der Waals surface area contributed by atoms with Crippen molar-refractivity contribution in [3.05, 3.63) is 139 Å². The van der Waals surface area contributed by atoms with Crippen LogP contribution in [0.4, 0.5) is 0 Å². The van der Waals surface area contributed by atoms with E-state index in [9.17, 15) is 0 Å². The minimum absolute atomic E-state index is 0.584. The van der Waals surface area contributed by atoms with Gasteiger partial charge in [-0.05, 0) is 60.9 Å². The van der Waals surface area contributed by atoms with Gasteiger partial charge in [-0.3, -0.25) is 0 Å². The lowest BCUT2D eigenvalue weighted by molar-refractivity contribution is 0.336. The second-order valence-corrected chi connectivity index (χ2v) is 17.8. The van der Waals surface area contributed by atoms with Crippen molar-refractivity contribution in [2.24, 2.45) is 0 Å². The van der Waals surface area contributed by atoms with Crippen LogP contribution in [-0.4, -0.2) is 17.8 Å². The topological polar surface area (TPSA) is 18.2 Å². The zero-order valence-electron chi connectivity index (χ0n) is 31.5. The van der Waals surface area contributed by atoms with Gasteiger partial charge in [0.25, 0.3) is 0 Å². The maximum atomic E-state index is 2.76. The standard InChI is InChI=1S/C54H32N4/c1-3-19-39-27(9-1)29-11-5-15-33-47-41(55(39)51(29)33)21-23-43-49(47)35-17-7-13-31-37-26-46-38(25-45(37)57(43)53(31)35)32-14-8-18-36-50-44(58(46)54(32)36)24-22-42-48(50)34-16-6-12-30-28-10-2-4-20-40(28)56(42)52(30)34/h1,3,5-9,11-19,21-26,28,40H,2,4,10,20H2. The van der Waals surface area contributed by atoms with Crippen molar-refractivity contribution in [2.75, 3.05) is 0 Å². The van der Waals surface area contributed by atoms with Gasteiger partial charge < -0.3 is 17.8 Å². The van der Waals surface area contributed by atoms with Crippen molar-refractivity contribution in [3.8, 4) is 0 Å². The summed E-state index contributed by atoms with van der Waals surface area (Å²) in [6.07, 6.45) is 5.29. The molecule has 0 N–H and O–H groups in total. The Morgan fingerprint density at radius 1 is 0.328 bits per heavy atom. The van der Waals surface area contributed by atoms with E-state index >= 15 is 0 Å². The first-order valence-electron chi connectivity index (χ1n) is 21.2. The van der Waals surface area contributed by atoms with Crippen LogP contribution in [0.5, 0.6) is 0 Å². The van der Waals surface area contributed by atoms with Crippen molar-refractivity contribution in [3.63, 3.8) is 0 Å². The summed E-state index contributed by atoms with van der Waals surface area (Å²) in [6.45, 7) is 0. The molecule has 268 valence electrons. The van der Waals surface area contributed by atoms with E-state index in [1.165, 1.54) is 162 Å². The van der Waals surface area contributed by atoms with E-state index in [1.807, 2.05) is 0 Å². The Morgan fingerprint density at radius 3 is 1.40 bits per heavy atom. The van der Waals surface area contributed by atoms with Gasteiger partial charge in [-0.1, -0.05) is 104 Å². The first-order valence-corrected chi connectivity index (χ1v) is 21.2. The first-order chi connectivity index (χ1) is 28.8. The van der Waals surface area contributed by atoms with E-state index in [2.05, 4.69) is 151 Å². The Labute approximate surface area is 329 Å². The van der Waals surface area contributed by atoms with Crippen LogP contribution in [-0.2, 0) is 0 Å². The number of nitrogens with zero attached hydrogens (tertiary/aromatic N) is 4. The van der Waals surface area contributed by atoms with Crippen molar-refractivity contribution in [1.29, 1.82) is 0 Å². The van der Waals surface area contributed by atoms with E-state index < -0.39 is 0 Å². The molecule has 0 bridgehead atoms. The van der Waals surface area contributed by atoms with E-state index in [4.69, 9.17) is 0 Å². The van der Waals surface area contributed by atoms with Gasteiger partial charge in [0.2, 0.25) is 0 Å². The molecule has 2 aliphatic rings. The highest BCUT2D eigenvalue weighted by atomic mass is 15.1. The number of aromatic nitrogens is 4. The molecule has 58 heavy (non-hydrogen) atoms. The summed E-state index contributed by atoms with van der Waals surface area (Å²) in [5, 5.41) is 19.0. The molecule has 4 heteroatoms. The zero-order chi connectivity index (χ0) is 36.9. The smallest absolute Gasteiger partial charge is 0.0620 e. The van der Waals surface area contributed by atoms with Gasteiger partial charge in [-0.2, -0.15) is 0 Å². The van der Waals surface area contributed by atoms with Gasteiger partial charge in [-0.15, -0.1) is 0 Å². The fourth-order valence-electron chi connectivity index (χ4n) is 13.6. The summed E-state index contributed by atoms with van der Waals surface area (Å²) in [4.78, 5) is 0. The number of hydrogen-bond acceptors (Lipinski definition) is 0. The molecule has 2 atom stereocenters. The van der Waals surface area contributed by atoms with E-state index in [1.54, 1.807) is 5.56 Å². The highest BCUT2D eigenvalue weighted by molar-refractivity contribution is 6.37. The molecule has 0 amide bonds. The molecule has 0 saturated heterocycles. The molecule has 1 aliphatic heterocycles. The molecule has 4 nitrogen and oxygen atoms in total. The second kappa shape index (κ2) is 9.06. The van der Waals surface area contributed by atoms with Crippen LogP contribution in [0, 0.1) is 0 Å². The minimum atomic E-state index is 0.584. The minimum Gasteiger partial charge on any atom is -0.336 e. The van der Waals surface area contributed by atoms with Crippen LogP contribution >= 0.6 is 0 Å². The molecule has 7 aromatic heterocycles. The average molecular weight is 737 g/mol. The monoisotopic (exact) mass is 736 g/mol. The molecule has 0 radical (unpaired) electrons. The predicted molar refractivity (Wildman–Crippen MR) is 244 cm³/mol. The number of para-hydroxylation sites is 5. The highest BCUT2D eigenvalue weighted by Gasteiger charge is 2.38. The van der Waals surface area contributed by atoms with Gasteiger partial charge >= 0.3 is 0 Å². The van der Waals surface area contributed by atoms with Crippen LogP contribution in [0.1, 0.15) is 43.2 Å². The fraction of sp³-hybridized carbons (Fsp3) is 0.111. The summed E-state index contributed by atoms with van der Waals surface area (Å²) in [7, 11) is 0. The normalized spacial score (nSPS) is 17.7. The molecule has 1 saturated carbocycles. The Balaban J connectivity index is 1.01. The SMILES string of the molecule is c1cc2c3c(c1)c1c4c5cccc6c7cc8c(cc7n(c4ccc1n3C1CCCCC21)c65)c1cccc2c3c4c5cccc6c7ccccc7n(c4ccc3n8c12)c65. The van der Waals surface area contributed by atoms with Gasteiger partial charge in [0, 0.05) is 87.4 Å². The molecule has 1 aliphatic carbocycles. The number of benzene rings is 8. The lowest BCUT2D eigenvalue weighted by atomic mass is 9.81. The summed E-state index contributed by atoms with van der Waals surface area (Å²) in [6, 6.07) is 52.3.